The van der Waals surface area contributed by atoms with E-state index in [-0.39, 0.29) is 0 Å². The van der Waals surface area contributed by atoms with Gasteiger partial charge in [-0.25, -0.2) is 4.98 Å². The van der Waals surface area contributed by atoms with Gasteiger partial charge in [-0.15, -0.1) is 11.6 Å². The van der Waals surface area contributed by atoms with Gasteiger partial charge in [-0.1, -0.05) is 35.3 Å². The monoisotopic (exact) mass is 402 g/mol. The highest BCUT2D eigenvalue weighted by molar-refractivity contribution is 9.10. The second kappa shape index (κ2) is 6.17. The van der Waals surface area contributed by atoms with Gasteiger partial charge in [-0.3, -0.25) is 4.57 Å². The van der Waals surface area contributed by atoms with E-state index in [2.05, 4.69) is 20.9 Å². The molecule has 0 radical (unpaired) electrons. The van der Waals surface area contributed by atoms with Crippen LogP contribution in [0.25, 0.3) is 16.7 Å². The number of imidazole rings is 1. The van der Waals surface area contributed by atoms with Gasteiger partial charge in [0.2, 0.25) is 0 Å². The van der Waals surface area contributed by atoms with Gasteiger partial charge in [-0.2, -0.15) is 0 Å². The largest absolute Gasteiger partial charge is 0.294 e. The lowest BCUT2D eigenvalue weighted by Gasteiger charge is -2.12. The molecule has 0 atom stereocenters. The zero-order valence-corrected chi connectivity index (χ0v) is 14.6. The quantitative estimate of drug-likeness (QED) is 0.499. The summed E-state index contributed by atoms with van der Waals surface area (Å²) in [5, 5.41) is 1.28. The molecular weight excluding hydrogens is 394 g/mol. The third kappa shape index (κ3) is 2.68. The van der Waals surface area contributed by atoms with Crippen LogP contribution in [0.4, 0.5) is 0 Å². The number of hydrogen-bond donors (Lipinski definition) is 0. The maximum Gasteiger partial charge on any atom is 0.115 e. The molecular formula is C15H10BrCl3N2. The maximum atomic E-state index is 6.38. The van der Waals surface area contributed by atoms with Crippen LogP contribution in [0.3, 0.4) is 0 Å². The second-order valence-electron chi connectivity index (χ2n) is 4.48. The number of nitrogens with zero attached hydrogens (tertiary/aromatic N) is 2. The van der Waals surface area contributed by atoms with E-state index < -0.39 is 0 Å². The minimum absolute atomic E-state index is 0.485. The van der Waals surface area contributed by atoms with Crippen molar-refractivity contribution in [2.45, 2.75) is 6.42 Å². The van der Waals surface area contributed by atoms with Gasteiger partial charge in [0.15, 0.2) is 0 Å². The molecule has 0 spiro atoms. The van der Waals surface area contributed by atoms with Crippen LogP contribution in [0, 0.1) is 0 Å². The third-order valence-corrected chi connectivity index (χ3v) is 5.06. The number of fused-ring (bicyclic) bond motifs is 1. The van der Waals surface area contributed by atoms with Crippen molar-refractivity contribution in [1.82, 2.24) is 9.55 Å². The smallest absolute Gasteiger partial charge is 0.115 e. The van der Waals surface area contributed by atoms with Crippen LogP contribution in [0.1, 0.15) is 5.82 Å². The summed E-state index contributed by atoms with van der Waals surface area (Å²) in [6.07, 6.45) is 0.644. The third-order valence-electron chi connectivity index (χ3n) is 3.19. The molecule has 3 rings (SSSR count). The van der Waals surface area contributed by atoms with Crippen molar-refractivity contribution in [3.05, 3.63) is 56.7 Å². The number of rotatable bonds is 3. The number of aryl methyl sites for hydroxylation is 1. The van der Waals surface area contributed by atoms with Gasteiger partial charge in [-0.05, 0) is 40.2 Å². The summed E-state index contributed by atoms with van der Waals surface area (Å²) in [5.41, 5.74) is 2.61. The van der Waals surface area contributed by atoms with Gasteiger partial charge >= 0.3 is 0 Å². The molecule has 0 aliphatic rings. The van der Waals surface area contributed by atoms with Crippen molar-refractivity contribution in [2.75, 3.05) is 5.88 Å². The van der Waals surface area contributed by atoms with E-state index in [1.807, 2.05) is 41.0 Å². The van der Waals surface area contributed by atoms with Crippen molar-refractivity contribution >= 4 is 61.8 Å². The van der Waals surface area contributed by atoms with E-state index in [9.17, 15) is 0 Å². The van der Waals surface area contributed by atoms with Crippen molar-refractivity contribution in [3.63, 3.8) is 0 Å². The molecule has 1 aromatic heterocycles. The van der Waals surface area contributed by atoms with Crippen LogP contribution >= 0.6 is 50.7 Å². The number of para-hydroxylation sites is 1. The fourth-order valence-corrected chi connectivity index (χ4v) is 3.34. The van der Waals surface area contributed by atoms with Gasteiger partial charge in [0.25, 0.3) is 0 Å². The highest BCUT2D eigenvalue weighted by Crippen LogP contribution is 2.34. The predicted octanol–water partition coefficient (Wildman–Crippen LogP) is 5.88. The maximum absolute atomic E-state index is 6.38. The fraction of sp³-hybridized carbons (Fsp3) is 0.133. The van der Waals surface area contributed by atoms with Crippen molar-refractivity contribution < 1.29 is 0 Å². The van der Waals surface area contributed by atoms with Crippen LogP contribution in [0.5, 0.6) is 0 Å². The van der Waals surface area contributed by atoms with Crippen molar-refractivity contribution in [3.8, 4) is 5.69 Å². The minimum Gasteiger partial charge on any atom is -0.294 e. The number of alkyl halides is 1. The standard InChI is InChI=1S/C15H10BrCl3N2/c16-14-9(18)3-2-6-12(14)21-13(7-8-17)20-11-5-1-4-10(19)15(11)21/h1-6H,7-8H2. The van der Waals surface area contributed by atoms with Crippen LogP contribution in [0.2, 0.25) is 10.0 Å². The van der Waals surface area contributed by atoms with Gasteiger partial charge in [0.05, 0.1) is 31.2 Å². The zero-order valence-electron chi connectivity index (χ0n) is 10.8. The number of benzene rings is 2. The van der Waals surface area contributed by atoms with Crippen LogP contribution in [-0.4, -0.2) is 15.4 Å². The van der Waals surface area contributed by atoms with Crippen LogP contribution < -0.4 is 0 Å². The van der Waals surface area contributed by atoms with Gasteiger partial charge in [0.1, 0.15) is 5.82 Å². The fourth-order valence-electron chi connectivity index (χ4n) is 2.31. The molecule has 0 unspecified atom stereocenters. The Morgan fingerprint density at radius 3 is 2.52 bits per heavy atom. The lowest BCUT2D eigenvalue weighted by molar-refractivity contribution is 0.909. The molecule has 0 aliphatic heterocycles. The SMILES string of the molecule is ClCCc1nc2cccc(Cl)c2n1-c1cccc(Cl)c1Br. The Balaban J connectivity index is 2.39. The van der Waals surface area contributed by atoms with E-state index >= 15 is 0 Å². The summed E-state index contributed by atoms with van der Waals surface area (Å²) in [5.74, 6) is 1.34. The molecule has 1 heterocycles. The molecule has 0 N–H and O–H groups in total. The van der Waals surface area contributed by atoms with E-state index in [0.717, 1.165) is 27.0 Å². The summed E-state index contributed by atoms with van der Waals surface area (Å²) in [6, 6.07) is 11.4. The van der Waals surface area contributed by atoms with E-state index in [1.54, 1.807) is 0 Å². The Labute approximate surface area is 145 Å². The van der Waals surface area contributed by atoms with Gasteiger partial charge in [0, 0.05) is 12.3 Å². The molecule has 0 amide bonds. The first-order valence-electron chi connectivity index (χ1n) is 6.29. The lowest BCUT2D eigenvalue weighted by atomic mass is 10.2. The number of aromatic nitrogens is 2. The summed E-state index contributed by atoms with van der Waals surface area (Å²) in [6.45, 7) is 0. The Kier molecular flexibility index (Phi) is 4.46. The normalized spacial score (nSPS) is 11.2. The molecule has 3 aromatic rings. The van der Waals surface area contributed by atoms with Crippen LogP contribution in [0.15, 0.2) is 40.9 Å². The molecule has 0 saturated heterocycles. The van der Waals surface area contributed by atoms with E-state index in [0.29, 0.717) is 22.3 Å². The van der Waals surface area contributed by atoms with E-state index in [1.165, 1.54) is 0 Å². The van der Waals surface area contributed by atoms with Gasteiger partial charge < -0.3 is 0 Å². The van der Waals surface area contributed by atoms with Crippen molar-refractivity contribution in [2.24, 2.45) is 0 Å². The molecule has 2 aromatic carbocycles. The van der Waals surface area contributed by atoms with Crippen LogP contribution in [-0.2, 0) is 6.42 Å². The zero-order chi connectivity index (χ0) is 15.0. The summed E-state index contributed by atoms with van der Waals surface area (Å²) < 4.78 is 2.82. The Morgan fingerprint density at radius 1 is 1.05 bits per heavy atom. The number of halogens is 4. The average Bonchev–Trinajstić information content (AvgIpc) is 2.82. The van der Waals surface area contributed by atoms with Crippen molar-refractivity contribution in [1.29, 1.82) is 0 Å². The first kappa shape index (κ1) is 15.2. The summed E-state index contributed by atoms with van der Waals surface area (Å²) >= 11 is 22.0. The summed E-state index contributed by atoms with van der Waals surface area (Å²) in [7, 11) is 0. The molecule has 21 heavy (non-hydrogen) atoms. The molecule has 108 valence electrons. The Morgan fingerprint density at radius 2 is 1.76 bits per heavy atom. The minimum atomic E-state index is 0.485. The van der Waals surface area contributed by atoms with E-state index in [4.69, 9.17) is 34.8 Å². The predicted molar refractivity (Wildman–Crippen MR) is 93.2 cm³/mol. The molecule has 0 aliphatic carbocycles. The molecule has 0 bridgehead atoms. The first-order chi connectivity index (χ1) is 10.1. The molecule has 2 nitrogen and oxygen atoms in total. The molecule has 0 saturated carbocycles. The molecule has 6 heteroatoms. The Hall–Kier alpha value is -0.740. The second-order valence-corrected chi connectivity index (χ2v) is 6.47. The lowest BCUT2D eigenvalue weighted by Crippen LogP contribution is -2.03. The molecule has 0 fully saturated rings. The Bertz CT molecular complexity index is 814. The highest BCUT2D eigenvalue weighted by Gasteiger charge is 2.17. The first-order valence-corrected chi connectivity index (χ1v) is 8.38. The average molecular weight is 405 g/mol. The number of hydrogen-bond acceptors (Lipinski definition) is 1. The highest BCUT2D eigenvalue weighted by atomic mass is 79.9. The topological polar surface area (TPSA) is 17.8 Å². The summed E-state index contributed by atoms with van der Waals surface area (Å²) in [4.78, 5) is 4.64.